The van der Waals surface area contributed by atoms with E-state index in [4.69, 9.17) is 0 Å². The Kier molecular flexibility index (Phi) is 12.5. The molecule has 1 nitrogen and oxygen atoms in total. The Morgan fingerprint density at radius 3 is 2.29 bits per heavy atom. The first-order valence-corrected chi connectivity index (χ1v) is 2.14. The van der Waals surface area contributed by atoms with Crippen LogP contribution in [0.4, 0.5) is 0 Å². The summed E-state index contributed by atoms with van der Waals surface area (Å²) < 4.78 is 0. The third-order valence-electron chi connectivity index (χ3n) is 0.538. The average molecular weight is 99.2 g/mol. The van der Waals surface area contributed by atoms with E-state index in [-0.39, 0.29) is 6.15 Å². The molecule has 1 heteroatoms. The van der Waals surface area contributed by atoms with Crippen LogP contribution in [-0.2, 0) is 0 Å². The van der Waals surface area contributed by atoms with Crippen molar-refractivity contribution in [2.45, 2.75) is 13.3 Å². The number of hydrogen-bond donors (Lipinski definition) is 1. The van der Waals surface area contributed by atoms with Gasteiger partial charge in [0.05, 0.1) is 0 Å². The van der Waals surface area contributed by atoms with Crippen molar-refractivity contribution >= 4 is 0 Å². The number of hydrogen-bond acceptors (Lipinski definition) is 1. The van der Waals surface area contributed by atoms with Crippen LogP contribution in [0, 0.1) is 0 Å². The molecule has 3 N–H and O–H groups in total. The molecule has 0 aromatic carbocycles. The van der Waals surface area contributed by atoms with Crippen molar-refractivity contribution in [3.63, 3.8) is 0 Å². The molecule has 0 radical (unpaired) electrons. The van der Waals surface area contributed by atoms with Crippen molar-refractivity contribution < 1.29 is 0 Å². The highest BCUT2D eigenvalue weighted by molar-refractivity contribution is 4.85. The lowest BCUT2D eigenvalue weighted by Gasteiger charge is -1.69. The van der Waals surface area contributed by atoms with Crippen LogP contribution >= 0.6 is 0 Å². The molecule has 0 aromatic rings. The van der Waals surface area contributed by atoms with E-state index in [1.165, 1.54) is 0 Å². The molecule has 7 heavy (non-hydrogen) atoms. The highest BCUT2D eigenvalue weighted by Crippen LogP contribution is 1.78. The first-order valence-electron chi connectivity index (χ1n) is 2.14. The van der Waals surface area contributed by atoms with Gasteiger partial charge >= 0.3 is 0 Å². The monoisotopic (exact) mass is 99.1 g/mol. The molecule has 42 valence electrons. The van der Waals surface area contributed by atoms with Crippen LogP contribution in [0.3, 0.4) is 0 Å². The number of rotatable bonds is 2. The molecule has 0 bridgehead atoms. The zero-order valence-electron chi connectivity index (χ0n) is 4.85. The first-order chi connectivity index (χ1) is 2.91. The molecule has 0 spiro atoms. The van der Waals surface area contributed by atoms with Gasteiger partial charge in [0.2, 0.25) is 0 Å². The summed E-state index contributed by atoms with van der Waals surface area (Å²) in [6, 6.07) is 0. The van der Waals surface area contributed by atoms with Crippen LogP contribution in [0.25, 0.3) is 0 Å². The molecule has 0 saturated heterocycles. The van der Waals surface area contributed by atoms with E-state index in [1.54, 1.807) is 0 Å². The van der Waals surface area contributed by atoms with E-state index in [9.17, 15) is 0 Å². The molecule has 0 aliphatic carbocycles. The minimum atomic E-state index is 0. The van der Waals surface area contributed by atoms with Crippen LogP contribution in [0.5, 0.6) is 0 Å². The molecule has 0 rings (SSSR count). The van der Waals surface area contributed by atoms with Crippen molar-refractivity contribution in [1.82, 2.24) is 6.15 Å². The van der Waals surface area contributed by atoms with E-state index in [2.05, 4.69) is 12.7 Å². The standard InChI is InChI=1S/C6H10.H3N/c1-3-5-6-4-2;/h3-4,6H,1,5H2,2H3;1H3. The Bertz CT molecular complexity index is 55.2. The lowest BCUT2D eigenvalue weighted by molar-refractivity contribution is 1.39. The van der Waals surface area contributed by atoms with E-state index < -0.39 is 0 Å². The fourth-order valence-electron chi connectivity index (χ4n) is 0.232. The predicted octanol–water partition coefficient (Wildman–Crippen LogP) is 2.30. The summed E-state index contributed by atoms with van der Waals surface area (Å²) in [5.41, 5.74) is 0. The Labute approximate surface area is 45.3 Å². The average Bonchev–Trinajstić information content (AvgIpc) is 1.61. The minimum Gasteiger partial charge on any atom is -0.344 e. The summed E-state index contributed by atoms with van der Waals surface area (Å²) in [4.78, 5) is 0. The van der Waals surface area contributed by atoms with Gasteiger partial charge in [-0.1, -0.05) is 18.2 Å². The van der Waals surface area contributed by atoms with Crippen molar-refractivity contribution in [3.8, 4) is 0 Å². The fraction of sp³-hybridized carbons (Fsp3) is 0.333. The van der Waals surface area contributed by atoms with Gasteiger partial charge in [0.1, 0.15) is 0 Å². The van der Waals surface area contributed by atoms with Gasteiger partial charge in [-0.15, -0.1) is 6.58 Å². The second kappa shape index (κ2) is 9.06. The minimum absolute atomic E-state index is 0. The van der Waals surface area contributed by atoms with Crippen molar-refractivity contribution in [1.29, 1.82) is 0 Å². The third kappa shape index (κ3) is 10.8. The largest absolute Gasteiger partial charge is 0.344 e. The van der Waals surface area contributed by atoms with Crippen LogP contribution < -0.4 is 6.15 Å². The molecule has 0 aliphatic rings. The normalized spacial score (nSPS) is 8.14. The highest BCUT2D eigenvalue weighted by Gasteiger charge is 1.57. The molecular weight excluding hydrogens is 86.1 g/mol. The van der Waals surface area contributed by atoms with Crippen LogP contribution in [0.2, 0.25) is 0 Å². The molecule has 0 heterocycles. The molecule has 0 saturated carbocycles. The SMILES string of the molecule is C=CCC=CC.N. The van der Waals surface area contributed by atoms with Gasteiger partial charge in [-0.05, 0) is 13.3 Å². The van der Waals surface area contributed by atoms with E-state index in [0.29, 0.717) is 0 Å². The summed E-state index contributed by atoms with van der Waals surface area (Å²) >= 11 is 0. The maximum absolute atomic E-state index is 3.55. The highest BCUT2D eigenvalue weighted by atomic mass is 14.0. The van der Waals surface area contributed by atoms with Gasteiger partial charge in [-0.3, -0.25) is 0 Å². The van der Waals surface area contributed by atoms with E-state index in [0.717, 1.165) is 6.42 Å². The van der Waals surface area contributed by atoms with Gasteiger partial charge in [-0.2, -0.15) is 0 Å². The number of allylic oxidation sites excluding steroid dienone is 3. The summed E-state index contributed by atoms with van der Waals surface area (Å²) in [5.74, 6) is 0. The second-order valence-corrected chi connectivity index (χ2v) is 1.09. The van der Waals surface area contributed by atoms with Gasteiger partial charge < -0.3 is 6.15 Å². The van der Waals surface area contributed by atoms with E-state index >= 15 is 0 Å². The van der Waals surface area contributed by atoms with Gasteiger partial charge in [0.25, 0.3) is 0 Å². The molecule has 0 aliphatic heterocycles. The zero-order valence-corrected chi connectivity index (χ0v) is 4.85. The molecule has 0 unspecified atom stereocenters. The summed E-state index contributed by atoms with van der Waals surface area (Å²) in [6.45, 7) is 5.55. The van der Waals surface area contributed by atoms with Crippen LogP contribution in [0.1, 0.15) is 13.3 Å². The van der Waals surface area contributed by atoms with Crippen LogP contribution in [-0.4, -0.2) is 0 Å². The van der Waals surface area contributed by atoms with Crippen molar-refractivity contribution in [2.75, 3.05) is 0 Å². The van der Waals surface area contributed by atoms with Crippen molar-refractivity contribution in [3.05, 3.63) is 24.8 Å². The second-order valence-electron chi connectivity index (χ2n) is 1.09. The Hall–Kier alpha value is -0.560. The Morgan fingerprint density at radius 2 is 2.14 bits per heavy atom. The van der Waals surface area contributed by atoms with Gasteiger partial charge in [-0.25, -0.2) is 0 Å². The Morgan fingerprint density at radius 1 is 1.57 bits per heavy atom. The smallest absolute Gasteiger partial charge is 0.0172 e. The van der Waals surface area contributed by atoms with E-state index in [1.807, 2.05) is 19.1 Å². The zero-order chi connectivity index (χ0) is 4.83. The topological polar surface area (TPSA) is 35.0 Å². The first kappa shape index (κ1) is 9.67. The maximum Gasteiger partial charge on any atom is -0.0172 e. The lowest BCUT2D eigenvalue weighted by Crippen LogP contribution is -1.48. The predicted molar refractivity (Wildman–Crippen MR) is 34.7 cm³/mol. The Balaban J connectivity index is 0. The summed E-state index contributed by atoms with van der Waals surface area (Å²) in [7, 11) is 0. The molecular formula is C6H13N. The van der Waals surface area contributed by atoms with Gasteiger partial charge in [0.15, 0.2) is 0 Å². The fourth-order valence-corrected chi connectivity index (χ4v) is 0.232. The van der Waals surface area contributed by atoms with Gasteiger partial charge in [0, 0.05) is 0 Å². The maximum atomic E-state index is 3.55. The van der Waals surface area contributed by atoms with Crippen molar-refractivity contribution in [2.24, 2.45) is 0 Å². The molecule has 0 atom stereocenters. The molecule has 0 fully saturated rings. The summed E-state index contributed by atoms with van der Waals surface area (Å²) in [5, 5.41) is 0. The molecule has 0 aromatic heterocycles. The van der Waals surface area contributed by atoms with Crippen LogP contribution in [0.15, 0.2) is 24.8 Å². The lowest BCUT2D eigenvalue weighted by atomic mass is 10.4. The summed E-state index contributed by atoms with van der Waals surface area (Å²) in [6.07, 6.45) is 6.95. The quantitative estimate of drug-likeness (QED) is 0.529. The third-order valence-corrected chi connectivity index (χ3v) is 0.538. The molecule has 0 amide bonds.